The van der Waals surface area contributed by atoms with Gasteiger partial charge >= 0.3 is 0 Å². The quantitative estimate of drug-likeness (QED) is 0.459. The van der Waals surface area contributed by atoms with Crippen molar-refractivity contribution < 1.29 is 4.79 Å². The van der Waals surface area contributed by atoms with Crippen LogP contribution < -0.4 is 5.32 Å². The van der Waals surface area contributed by atoms with Crippen molar-refractivity contribution in [3.8, 4) is 11.8 Å². The molecular formula is C13H15NO. The molecule has 0 heterocycles. The van der Waals surface area contributed by atoms with Crippen LogP contribution in [0.3, 0.4) is 0 Å². The summed E-state index contributed by atoms with van der Waals surface area (Å²) in [5.74, 6) is 6.17. The summed E-state index contributed by atoms with van der Waals surface area (Å²) >= 11 is 0. The minimum absolute atomic E-state index is 0.702. The predicted molar refractivity (Wildman–Crippen MR) is 62.0 cm³/mol. The second-order valence-electron chi connectivity index (χ2n) is 3.35. The van der Waals surface area contributed by atoms with Crippen molar-refractivity contribution in [1.82, 2.24) is 5.32 Å². The second kappa shape index (κ2) is 6.00. The fraction of sp³-hybridized carbons (Fsp3) is 0.308. The Morgan fingerprint density at radius 2 is 2.27 bits per heavy atom. The molecule has 0 fully saturated rings. The zero-order valence-corrected chi connectivity index (χ0v) is 9.13. The van der Waals surface area contributed by atoms with Gasteiger partial charge in [0.2, 0.25) is 0 Å². The van der Waals surface area contributed by atoms with E-state index in [0.717, 1.165) is 30.4 Å². The summed E-state index contributed by atoms with van der Waals surface area (Å²) < 4.78 is 0. The summed E-state index contributed by atoms with van der Waals surface area (Å²) in [5.41, 5.74) is 2.75. The van der Waals surface area contributed by atoms with Gasteiger partial charge < -0.3 is 5.32 Å². The van der Waals surface area contributed by atoms with E-state index in [9.17, 15) is 4.79 Å². The first-order valence-corrected chi connectivity index (χ1v) is 4.97. The fourth-order valence-electron chi connectivity index (χ4n) is 1.25. The molecule has 15 heavy (non-hydrogen) atoms. The smallest absolute Gasteiger partial charge is 0.150 e. The zero-order valence-electron chi connectivity index (χ0n) is 9.13. The van der Waals surface area contributed by atoms with Crippen LogP contribution in [0.4, 0.5) is 0 Å². The molecule has 0 unspecified atom stereocenters. The van der Waals surface area contributed by atoms with E-state index in [1.54, 1.807) is 6.07 Å². The molecule has 0 radical (unpaired) electrons. The highest BCUT2D eigenvalue weighted by Crippen LogP contribution is 2.08. The lowest BCUT2D eigenvalue weighted by Gasteiger charge is -1.98. The Morgan fingerprint density at radius 3 is 2.87 bits per heavy atom. The van der Waals surface area contributed by atoms with Crippen LogP contribution in [0.1, 0.15) is 27.9 Å². The molecule has 0 bridgehead atoms. The zero-order chi connectivity index (χ0) is 11.1. The Morgan fingerprint density at radius 1 is 1.47 bits per heavy atom. The van der Waals surface area contributed by atoms with Crippen LogP contribution in [0, 0.1) is 18.8 Å². The van der Waals surface area contributed by atoms with Crippen molar-refractivity contribution >= 4 is 6.29 Å². The van der Waals surface area contributed by atoms with Crippen molar-refractivity contribution in [3.05, 3.63) is 34.9 Å². The number of nitrogens with one attached hydrogen (secondary N) is 1. The highest BCUT2D eigenvalue weighted by atomic mass is 16.1. The molecule has 0 aromatic heterocycles. The molecule has 0 atom stereocenters. The molecule has 0 saturated carbocycles. The van der Waals surface area contributed by atoms with Gasteiger partial charge in [0.1, 0.15) is 6.29 Å². The monoisotopic (exact) mass is 201 g/mol. The Bertz CT molecular complexity index is 399. The molecule has 0 saturated heterocycles. The van der Waals surface area contributed by atoms with Crippen LogP contribution in [0.25, 0.3) is 0 Å². The normalized spacial score (nSPS) is 9.20. The number of aryl methyl sites for hydroxylation is 1. The molecule has 1 rings (SSSR count). The molecule has 0 aliphatic rings. The number of hydrogen-bond donors (Lipinski definition) is 1. The van der Waals surface area contributed by atoms with E-state index in [1.807, 2.05) is 26.1 Å². The lowest BCUT2D eigenvalue weighted by molar-refractivity contribution is 0.112. The van der Waals surface area contributed by atoms with Gasteiger partial charge in [-0.2, -0.15) is 0 Å². The van der Waals surface area contributed by atoms with E-state index >= 15 is 0 Å². The van der Waals surface area contributed by atoms with Gasteiger partial charge in [-0.05, 0) is 31.7 Å². The lowest BCUT2D eigenvalue weighted by Crippen LogP contribution is -2.05. The van der Waals surface area contributed by atoms with Crippen LogP contribution in [-0.4, -0.2) is 19.9 Å². The highest BCUT2D eigenvalue weighted by molar-refractivity contribution is 5.75. The summed E-state index contributed by atoms with van der Waals surface area (Å²) in [6, 6.07) is 5.54. The molecule has 1 N–H and O–H groups in total. The fourth-order valence-corrected chi connectivity index (χ4v) is 1.25. The Balaban J connectivity index is 2.76. The molecule has 0 amide bonds. The van der Waals surface area contributed by atoms with E-state index in [0.29, 0.717) is 5.56 Å². The van der Waals surface area contributed by atoms with Gasteiger partial charge in [-0.1, -0.05) is 17.9 Å². The Hall–Kier alpha value is -1.59. The number of hydrogen-bond acceptors (Lipinski definition) is 2. The van der Waals surface area contributed by atoms with E-state index in [2.05, 4.69) is 17.2 Å². The minimum Gasteiger partial charge on any atom is -0.319 e. The summed E-state index contributed by atoms with van der Waals surface area (Å²) in [6.45, 7) is 2.87. The third kappa shape index (κ3) is 3.57. The molecule has 0 spiro atoms. The average molecular weight is 201 g/mol. The maximum Gasteiger partial charge on any atom is 0.150 e. The van der Waals surface area contributed by atoms with E-state index in [1.165, 1.54) is 0 Å². The molecule has 0 aliphatic carbocycles. The van der Waals surface area contributed by atoms with Crippen LogP contribution in [-0.2, 0) is 0 Å². The third-order valence-corrected chi connectivity index (χ3v) is 2.11. The van der Waals surface area contributed by atoms with Crippen LogP contribution in [0.5, 0.6) is 0 Å². The number of rotatable bonds is 3. The van der Waals surface area contributed by atoms with Gasteiger partial charge in [-0.25, -0.2) is 0 Å². The molecular weight excluding hydrogens is 186 g/mol. The summed E-state index contributed by atoms with van der Waals surface area (Å²) in [5, 5.41) is 3.04. The predicted octanol–water partition coefficient (Wildman–Crippen LogP) is 1.77. The van der Waals surface area contributed by atoms with Crippen molar-refractivity contribution in [2.45, 2.75) is 13.3 Å². The first kappa shape index (κ1) is 11.5. The van der Waals surface area contributed by atoms with Crippen molar-refractivity contribution in [2.75, 3.05) is 13.6 Å². The van der Waals surface area contributed by atoms with Gasteiger partial charge in [0.05, 0.1) is 0 Å². The summed E-state index contributed by atoms with van der Waals surface area (Å²) in [4.78, 5) is 10.5. The molecule has 0 aliphatic heterocycles. The molecule has 2 nitrogen and oxygen atoms in total. The Kier molecular flexibility index (Phi) is 4.59. The first-order valence-electron chi connectivity index (χ1n) is 4.97. The number of carbonyl (C=O) groups excluding carboxylic acids is 1. The van der Waals surface area contributed by atoms with Crippen LogP contribution in [0.2, 0.25) is 0 Å². The van der Waals surface area contributed by atoms with E-state index < -0.39 is 0 Å². The van der Waals surface area contributed by atoms with Gasteiger partial charge in [0, 0.05) is 24.1 Å². The third-order valence-electron chi connectivity index (χ3n) is 2.11. The van der Waals surface area contributed by atoms with Crippen molar-refractivity contribution in [2.24, 2.45) is 0 Å². The molecule has 1 aromatic carbocycles. The van der Waals surface area contributed by atoms with Crippen LogP contribution in [0.15, 0.2) is 18.2 Å². The molecule has 2 heteroatoms. The number of aldehydes is 1. The highest BCUT2D eigenvalue weighted by Gasteiger charge is 1.95. The van der Waals surface area contributed by atoms with Gasteiger partial charge in [-0.15, -0.1) is 0 Å². The first-order chi connectivity index (χ1) is 7.27. The molecule has 78 valence electrons. The Labute approximate surface area is 90.7 Å². The molecule has 1 aromatic rings. The number of carbonyl (C=O) groups is 1. The second-order valence-corrected chi connectivity index (χ2v) is 3.35. The van der Waals surface area contributed by atoms with Crippen molar-refractivity contribution in [1.29, 1.82) is 0 Å². The van der Waals surface area contributed by atoms with Gasteiger partial charge in [0.25, 0.3) is 0 Å². The van der Waals surface area contributed by atoms with Gasteiger partial charge in [0.15, 0.2) is 0 Å². The summed E-state index contributed by atoms with van der Waals surface area (Å²) in [7, 11) is 1.91. The lowest BCUT2D eigenvalue weighted by atomic mass is 10.1. The maximum atomic E-state index is 10.5. The minimum atomic E-state index is 0.702. The summed E-state index contributed by atoms with van der Waals surface area (Å²) in [6.07, 6.45) is 1.69. The van der Waals surface area contributed by atoms with E-state index in [4.69, 9.17) is 0 Å². The maximum absolute atomic E-state index is 10.5. The largest absolute Gasteiger partial charge is 0.319 e. The van der Waals surface area contributed by atoms with Crippen molar-refractivity contribution in [3.63, 3.8) is 0 Å². The van der Waals surface area contributed by atoms with E-state index in [-0.39, 0.29) is 0 Å². The van der Waals surface area contributed by atoms with Gasteiger partial charge in [-0.3, -0.25) is 4.79 Å². The van der Waals surface area contributed by atoms with Crippen LogP contribution >= 0.6 is 0 Å². The topological polar surface area (TPSA) is 29.1 Å². The number of benzene rings is 1. The standard InChI is InChI=1S/C13H15NO/c1-11-9-12(10-15)6-7-13(11)5-3-4-8-14-2/h6-7,9-10,14H,4,8H2,1-2H3. The average Bonchev–Trinajstić information content (AvgIpc) is 2.26. The SMILES string of the molecule is CNCCC#Cc1ccc(C=O)cc1C.